The largest absolute Gasteiger partial charge is 0.370 e. The van der Waals surface area contributed by atoms with Crippen LogP contribution in [0.1, 0.15) is 38.1 Å². The van der Waals surface area contributed by atoms with Crippen LogP contribution in [0, 0.1) is 0 Å². The summed E-state index contributed by atoms with van der Waals surface area (Å²) in [6.07, 6.45) is 1.69. The second-order valence-corrected chi connectivity index (χ2v) is 4.11. The Morgan fingerprint density at radius 3 is 2.71 bits per heavy atom. The molecule has 0 aliphatic heterocycles. The molecule has 0 fully saturated rings. The molecular weight excluding hydrogens is 214 g/mol. The summed E-state index contributed by atoms with van der Waals surface area (Å²) in [7, 11) is 0. The van der Waals surface area contributed by atoms with Crippen LogP contribution in [-0.2, 0) is 0 Å². The molecule has 0 aromatic carbocycles. The smallest absolute Gasteiger partial charge is 0.257 e. The van der Waals surface area contributed by atoms with Gasteiger partial charge < -0.3 is 10.2 Å². The number of nitrogens with zero attached hydrogens (tertiary/aromatic N) is 2. The SMILES string of the molecule is CCNc1ncccc1C(=O)N(CC)C(C)C. The number of nitrogens with one attached hydrogen (secondary N) is 1. The van der Waals surface area contributed by atoms with Crippen molar-refractivity contribution in [2.75, 3.05) is 18.4 Å². The molecule has 0 aliphatic rings. The lowest BCUT2D eigenvalue weighted by Crippen LogP contribution is -2.37. The van der Waals surface area contributed by atoms with Crippen LogP contribution in [0.15, 0.2) is 18.3 Å². The molecule has 0 saturated carbocycles. The summed E-state index contributed by atoms with van der Waals surface area (Å²) in [6.45, 7) is 9.47. The number of carbonyl (C=O) groups is 1. The Hall–Kier alpha value is -1.58. The summed E-state index contributed by atoms with van der Waals surface area (Å²) in [4.78, 5) is 18.4. The fourth-order valence-electron chi connectivity index (χ4n) is 1.78. The Labute approximate surface area is 103 Å². The first kappa shape index (κ1) is 13.5. The molecule has 0 atom stereocenters. The predicted octanol–water partition coefficient (Wildman–Crippen LogP) is 2.38. The second kappa shape index (κ2) is 6.23. The molecule has 1 amide bonds. The molecule has 0 bridgehead atoms. The molecule has 4 nitrogen and oxygen atoms in total. The molecule has 4 heteroatoms. The molecule has 17 heavy (non-hydrogen) atoms. The third-order valence-electron chi connectivity index (χ3n) is 2.61. The van der Waals surface area contributed by atoms with Crippen molar-refractivity contribution in [2.24, 2.45) is 0 Å². The Kier molecular flexibility index (Phi) is 4.94. The number of anilines is 1. The van der Waals surface area contributed by atoms with E-state index in [1.165, 1.54) is 0 Å². The van der Waals surface area contributed by atoms with E-state index < -0.39 is 0 Å². The molecule has 0 saturated heterocycles. The summed E-state index contributed by atoms with van der Waals surface area (Å²) in [5.74, 6) is 0.700. The van der Waals surface area contributed by atoms with Gasteiger partial charge in [0.2, 0.25) is 0 Å². The molecule has 0 spiro atoms. The third-order valence-corrected chi connectivity index (χ3v) is 2.61. The van der Waals surface area contributed by atoms with Crippen molar-refractivity contribution >= 4 is 11.7 Å². The zero-order chi connectivity index (χ0) is 12.8. The lowest BCUT2D eigenvalue weighted by molar-refractivity contribution is 0.0717. The molecule has 94 valence electrons. The van der Waals surface area contributed by atoms with Crippen molar-refractivity contribution in [3.05, 3.63) is 23.9 Å². The average molecular weight is 235 g/mol. The van der Waals surface area contributed by atoms with Crippen LogP contribution in [0.25, 0.3) is 0 Å². The van der Waals surface area contributed by atoms with E-state index in [4.69, 9.17) is 0 Å². The number of hydrogen-bond donors (Lipinski definition) is 1. The van der Waals surface area contributed by atoms with Gasteiger partial charge in [0.05, 0.1) is 5.56 Å². The molecule has 1 heterocycles. The van der Waals surface area contributed by atoms with Gasteiger partial charge in [-0.05, 0) is 39.8 Å². The van der Waals surface area contributed by atoms with Gasteiger partial charge in [-0.1, -0.05) is 0 Å². The van der Waals surface area contributed by atoms with Gasteiger partial charge in [0, 0.05) is 25.3 Å². The fraction of sp³-hybridized carbons (Fsp3) is 0.538. The molecule has 1 rings (SSSR count). The van der Waals surface area contributed by atoms with E-state index >= 15 is 0 Å². The van der Waals surface area contributed by atoms with Gasteiger partial charge in [-0.3, -0.25) is 4.79 Å². The Balaban J connectivity index is 3.02. The van der Waals surface area contributed by atoms with E-state index in [1.807, 2.05) is 38.7 Å². The van der Waals surface area contributed by atoms with Crippen LogP contribution in [-0.4, -0.2) is 34.9 Å². The lowest BCUT2D eigenvalue weighted by atomic mass is 10.2. The van der Waals surface area contributed by atoms with Crippen LogP contribution in [0.4, 0.5) is 5.82 Å². The standard InChI is InChI=1S/C13H21N3O/c1-5-14-12-11(8-7-9-15-12)13(17)16(6-2)10(3)4/h7-10H,5-6H2,1-4H3,(H,14,15). The van der Waals surface area contributed by atoms with Crippen LogP contribution in [0.5, 0.6) is 0 Å². The monoisotopic (exact) mass is 235 g/mol. The topological polar surface area (TPSA) is 45.2 Å². The Bertz CT molecular complexity index is 377. The number of rotatable bonds is 5. The maximum Gasteiger partial charge on any atom is 0.257 e. The first-order valence-corrected chi connectivity index (χ1v) is 6.11. The van der Waals surface area contributed by atoms with E-state index in [0.29, 0.717) is 17.9 Å². The first-order chi connectivity index (χ1) is 8.11. The molecule has 1 N–H and O–H groups in total. The van der Waals surface area contributed by atoms with Crippen molar-refractivity contribution in [1.29, 1.82) is 0 Å². The van der Waals surface area contributed by atoms with Gasteiger partial charge in [-0.25, -0.2) is 4.98 Å². The highest BCUT2D eigenvalue weighted by molar-refractivity contribution is 5.98. The van der Waals surface area contributed by atoms with E-state index in [0.717, 1.165) is 6.54 Å². The molecular formula is C13H21N3O. The van der Waals surface area contributed by atoms with Gasteiger partial charge in [0.1, 0.15) is 5.82 Å². The van der Waals surface area contributed by atoms with Crippen LogP contribution in [0.2, 0.25) is 0 Å². The van der Waals surface area contributed by atoms with Crippen molar-refractivity contribution in [2.45, 2.75) is 33.7 Å². The number of carbonyl (C=O) groups excluding carboxylic acids is 1. The Morgan fingerprint density at radius 2 is 2.18 bits per heavy atom. The summed E-state index contributed by atoms with van der Waals surface area (Å²) in [5, 5.41) is 3.12. The number of amides is 1. The van der Waals surface area contributed by atoms with E-state index in [-0.39, 0.29) is 11.9 Å². The lowest BCUT2D eigenvalue weighted by Gasteiger charge is -2.25. The summed E-state index contributed by atoms with van der Waals surface area (Å²) in [5.41, 5.74) is 0.643. The minimum absolute atomic E-state index is 0.0338. The van der Waals surface area contributed by atoms with Crippen LogP contribution < -0.4 is 5.32 Å². The number of aromatic nitrogens is 1. The van der Waals surface area contributed by atoms with Gasteiger partial charge in [0.25, 0.3) is 5.91 Å². The fourth-order valence-corrected chi connectivity index (χ4v) is 1.78. The molecule has 1 aromatic heterocycles. The van der Waals surface area contributed by atoms with Crippen LogP contribution >= 0.6 is 0 Å². The molecule has 0 aliphatic carbocycles. The van der Waals surface area contributed by atoms with E-state index in [2.05, 4.69) is 10.3 Å². The molecule has 0 radical (unpaired) electrons. The maximum absolute atomic E-state index is 12.4. The zero-order valence-corrected chi connectivity index (χ0v) is 11.0. The summed E-state index contributed by atoms with van der Waals surface area (Å²) in [6, 6.07) is 3.81. The van der Waals surface area contributed by atoms with Crippen molar-refractivity contribution in [3.8, 4) is 0 Å². The second-order valence-electron chi connectivity index (χ2n) is 4.11. The van der Waals surface area contributed by atoms with Crippen molar-refractivity contribution in [3.63, 3.8) is 0 Å². The average Bonchev–Trinajstić information content (AvgIpc) is 2.30. The van der Waals surface area contributed by atoms with Gasteiger partial charge in [-0.2, -0.15) is 0 Å². The minimum Gasteiger partial charge on any atom is -0.370 e. The number of pyridine rings is 1. The highest BCUT2D eigenvalue weighted by Gasteiger charge is 2.19. The van der Waals surface area contributed by atoms with E-state index in [9.17, 15) is 4.79 Å². The highest BCUT2D eigenvalue weighted by atomic mass is 16.2. The highest BCUT2D eigenvalue weighted by Crippen LogP contribution is 2.15. The summed E-state index contributed by atoms with van der Waals surface area (Å²) >= 11 is 0. The summed E-state index contributed by atoms with van der Waals surface area (Å²) < 4.78 is 0. The third kappa shape index (κ3) is 3.19. The van der Waals surface area contributed by atoms with Gasteiger partial charge in [-0.15, -0.1) is 0 Å². The maximum atomic E-state index is 12.4. The van der Waals surface area contributed by atoms with Crippen molar-refractivity contribution in [1.82, 2.24) is 9.88 Å². The van der Waals surface area contributed by atoms with Gasteiger partial charge in [0.15, 0.2) is 0 Å². The number of hydrogen-bond acceptors (Lipinski definition) is 3. The Morgan fingerprint density at radius 1 is 1.47 bits per heavy atom. The first-order valence-electron chi connectivity index (χ1n) is 6.11. The van der Waals surface area contributed by atoms with Crippen LogP contribution in [0.3, 0.4) is 0 Å². The van der Waals surface area contributed by atoms with E-state index in [1.54, 1.807) is 12.3 Å². The predicted molar refractivity (Wildman–Crippen MR) is 70.2 cm³/mol. The molecule has 0 unspecified atom stereocenters. The van der Waals surface area contributed by atoms with Crippen molar-refractivity contribution < 1.29 is 4.79 Å². The quantitative estimate of drug-likeness (QED) is 0.852. The van der Waals surface area contributed by atoms with Gasteiger partial charge >= 0.3 is 0 Å². The molecule has 1 aromatic rings. The minimum atomic E-state index is 0.0338. The zero-order valence-electron chi connectivity index (χ0n) is 11.0. The normalized spacial score (nSPS) is 10.4.